The molecule has 3 nitrogen and oxygen atoms in total. The molecule has 3 fully saturated rings. The fourth-order valence-electron chi connectivity index (χ4n) is 4.42. The van der Waals surface area contributed by atoms with Crippen LogP contribution in [-0.4, -0.2) is 73.1 Å². The number of rotatable bonds is 2. The number of piperazine rings is 1. The smallest absolute Gasteiger partial charge is 0.0223 e. The molecular formula is C16H31N3. The van der Waals surface area contributed by atoms with Crippen LogP contribution in [0, 0.1) is 5.92 Å². The van der Waals surface area contributed by atoms with Gasteiger partial charge in [0, 0.05) is 38.3 Å². The number of likely N-dealkylation sites (tertiary alicyclic amines) is 1. The lowest BCUT2D eigenvalue weighted by Crippen LogP contribution is -2.59. The maximum Gasteiger partial charge on any atom is 0.0223 e. The number of hydrogen-bond donors (Lipinski definition) is 0. The van der Waals surface area contributed by atoms with Crippen LogP contribution >= 0.6 is 0 Å². The molecule has 0 aromatic heterocycles. The van der Waals surface area contributed by atoms with E-state index in [0.29, 0.717) is 0 Å². The van der Waals surface area contributed by atoms with Gasteiger partial charge >= 0.3 is 0 Å². The van der Waals surface area contributed by atoms with Gasteiger partial charge in [0.05, 0.1) is 0 Å². The van der Waals surface area contributed by atoms with Crippen LogP contribution in [0.15, 0.2) is 0 Å². The van der Waals surface area contributed by atoms with Crippen LogP contribution in [0.4, 0.5) is 0 Å². The molecule has 0 aliphatic carbocycles. The molecule has 0 aromatic carbocycles. The van der Waals surface area contributed by atoms with E-state index < -0.39 is 0 Å². The summed E-state index contributed by atoms with van der Waals surface area (Å²) in [6.07, 6.45) is 7.17. The Balaban J connectivity index is 1.55. The zero-order valence-electron chi connectivity index (χ0n) is 12.9. The van der Waals surface area contributed by atoms with Gasteiger partial charge in [-0.25, -0.2) is 0 Å². The lowest BCUT2D eigenvalue weighted by molar-refractivity contribution is 0.00197. The van der Waals surface area contributed by atoms with Crippen LogP contribution in [-0.2, 0) is 0 Å². The Morgan fingerprint density at radius 1 is 0.947 bits per heavy atom. The first-order valence-corrected chi connectivity index (χ1v) is 8.39. The van der Waals surface area contributed by atoms with Crippen molar-refractivity contribution in [2.75, 3.05) is 46.3 Å². The third-order valence-corrected chi connectivity index (χ3v) is 5.53. The van der Waals surface area contributed by atoms with Gasteiger partial charge < -0.3 is 4.90 Å². The number of nitrogens with zero attached hydrogens (tertiary/aromatic N) is 3. The van der Waals surface area contributed by atoms with E-state index in [4.69, 9.17) is 0 Å². The van der Waals surface area contributed by atoms with E-state index >= 15 is 0 Å². The minimum atomic E-state index is 0.765. The summed E-state index contributed by atoms with van der Waals surface area (Å²) in [5.74, 6) is 0.913. The molecule has 0 aromatic rings. The second kappa shape index (κ2) is 6.11. The monoisotopic (exact) mass is 265 g/mol. The summed E-state index contributed by atoms with van der Waals surface area (Å²) < 4.78 is 0. The first-order valence-electron chi connectivity index (χ1n) is 8.39. The predicted octanol–water partition coefficient (Wildman–Crippen LogP) is 1.89. The van der Waals surface area contributed by atoms with Crippen molar-refractivity contribution in [1.29, 1.82) is 0 Å². The van der Waals surface area contributed by atoms with Crippen LogP contribution in [0.2, 0.25) is 0 Å². The van der Waals surface area contributed by atoms with E-state index in [9.17, 15) is 0 Å². The first kappa shape index (κ1) is 13.8. The van der Waals surface area contributed by atoms with Crippen molar-refractivity contribution in [2.24, 2.45) is 5.92 Å². The van der Waals surface area contributed by atoms with Gasteiger partial charge in [-0.2, -0.15) is 0 Å². The van der Waals surface area contributed by atoms with Crippen LogP contribution in [0.5, 0.6) is 0 Å². The van der Waals surface area contributed by atoms with Crippen molar-refractivity contribution in [1.82, 2.24) is 14.7 Å². The van der Waals surface area contributed by atoms with Gasteiger partial charge in [0.25, 0.3) is 0 Å². The van der Waals surface area contributed by atoms with Gasteiger partial charge in [-0.05, 0) is 58.7 Å². The quantitative estimate of drug-likeness (QED) is 0.755. The van der Waals surface area contributed by atoms with Gasteiger partial charge in [0.1, 0.15) is 0 Å². The Bertz CT molecular complexity index is 294. The molecule has 3 saturated heterocycles. The molecule has 3 heteroatoms. The average molecular weight is 265 g/mol. The second-order valence-corrected chi connectivity index (χ2v) is 7.22. The maximum absolute atomic E-state index is 2.80. The van der Waals surface area contributed by atoms with Crippen LogP contribution in [0.25, 0.3) is 0 Å². The minimum Gasteiger partial charge on any atom is -0.306 e. The average Bonchev–Trinajstić information content (AvgIpc) is 2.40. The molecule has 0 bridgehead atoms. The highest BCUT2D eigenvalue weighted by Crippen LogP contribution is 2.26. The Labute approximate surface area is 118 Å². The summed E-state index contributed by atoms with van der Waals surface area (Å²) in [5, 5.41) is 0. The van der Waals surface area contributed by atoms with Crippen LogP contribution in [0.1, 0.15) is 39.0 Å². The van der Waals surface area contributed by atoms with Gasteiger partial charge in [-0.3, -0.25) is 9.80 Å². The molecule has 0 saturated carbocycles. The molecule has 0 amide bonds. The standard InChI is InChI=1S/C16H31N3/c1-14-10-18-9-4-3-7-16(18)13-19(14)12-15-6-5-8-17(2)11-15/h14-16H,3-13H2,1-2H3. The largest absolute Gasteiger partial charge is 0.306 e. The summed E-state index contributed by atoms with van der Waals surface area (Å²) in [4.78, 5) is 8.09. The number of fused-ring (bicyclic) bond motifs is 1. The lowest BCUT2D eigenvalue weighted by Gasteiger charge is -2.48. The lowest BCUT2D eigenvalue weighted by atomic mass is 9.93. The zero-order valence-corrected chi connectivity index (χ0v) is 12.9. The topological polar surface area (TPSA) is 9.72 Å². The van der Waals surface area contributed by atoms with Crippen molar-refractivity contribution in [3.05, 3.63) is 0 Å². The first-order chi connectivity index (χ1) is 9.22. The molecule has 3 atom stereocenters. The molecule has 0 N–H and O–H groups in total. The molecule has 3 aliphatic rings. The summed E-state index contributed by atoms with van der Waals surface area (Å²) >= 11 is 0. The molecule has 3 heterocycles. The number of hydrogen-bond acceptors (Lipinski definition) is 3. The highest BCUT2D eigenvalue weighted by atomic mass is 15.3. The summed E-state index contributed by atoms with van der Waals surface area (Å²) in [7, 11) is 2.29. The van der Waals surface area contributed by atoms with Crippen molar-refractivity contribution in [3.8, 4) is 0 Å². The van der Waals surface area contributed by atoms with Crippen molar-refractivity contribution >= 4 is 0 Å². The zero-order chi connectivity index (χ0) is 13.2. The van der Waals surface area contributed by atoms with E-state index in [1.165, 1.54) is 71.4 Å². The van der Waals surface area contributed by atoms with Gasteiger partial charge in [0.15, 0.2) is 0 Å². The van der Waals surface area contributed by atoms with E-state index in [-0.39, 0.29) is 0 Å². The molecule has 19 heavy (non-hydrogen) atoms. The van der Waals surface area contributed by atoms with Gasteiger partial charge in [0.2, 0.25) is 0 Å². The summed E-state index contributed by atoms with van der Waals surface area (Å²) in [6.45, 7) is 10.4. The normalized spacial score (nSPS) is 39.2. The Morgan fingerprint density at radius 3 is 2.68 bits per heavy atom. The molecule has 0 spiro atoms. The van der Waals surface area contributed by atoms with E-state index in [1.54, 1.807) is 0 Å². The summed E-state index contributed by atoms with van der Waals surface area (Å²) in [5.41, 5.74) is 0. The van der Waals surface area contributed by atoms with Crippen molar-refractivity contribution in [3.63, 3.8) is 0 Å². The number of piperidine rings is 2. The Kier molecular flexibility index (Phi) is 4.45. The highest BCUT2D eigenvalue weighted by molar-refractivity contribution is 4.90. The van der Waals surface area contributed by atoms with Crippen molar-refractivity contribution < 1.29 is 0 Å². The minimum absolute atomic E-state index is 0.765. The molecule has 3 rings (SSSR count). The second-order valence-electron chi connectivity index (χ2n) is 7.22. The molecule has 110 valence electrons. The fourth-order valence-corrected chi connectivity index (χ4v) is 4.42. The van der Waals surface area contributed by atoms with Gasteiger partial charge in [-0.1, -0.05) is 6.42 Å². The fraction of sp³-hybridized carbons (Fsp3) is 1.00. The van der Waals surface area contributed by atoms with E-state index in [1.807, 2.05) is 0 Å². The van der Waals surface area contributed by atoms with E-state index in [0.717, 1.165) is 18.0 Å². The van der Waals surface area contributed by atoms with Crippen LogP contribution < -0.4 is 0 Å². The Morgan fingerprint density at radius 2 is 1.84 bits per heavy atom. The van der Waals surface area contributed by atoms with Crippen LogP contribution in [0.3, 0.4) is 0 Å². The summed E-state index contributed by atoms with van der Waals surface area (Å²) in [6, 6.07) is 1.63. The molecule has 3 aliphatic heterocycles. The highest BCUT2D eigenvalue weighted by Gasteiger charge is 2.34. The molecule has 0 radical (unpaired) electrons. The van der Waals surface area contributed by atoms with Crippen molar-refractivity contribution in [2.45, 2.75) is 51.1 Å². The van der Waals surface area contributed by atoms with Gasteiger partial charge in [-0.15, -0.1) is 0 Å². The maximum atomic E-state index is 2.80. The molecular weight excluding hydrogens is 234 g/mol. The third-order valence-electron chi connectivity index (χ3n) is 5.53. The SMILES string of the molecule is CC1CN2CCCCC2CN1CC1CCCN(C)C1. The third kappa shape index (κ3) is 3.32. The predicted molar refractivity (Wildman–Crippen MR) is 80.5 cm³/mol. The van der Waals surface area contributed by atoms with E-state index in [2.05, 4.69) is 28.7 Å². The Hall–Kier alpha value is -0.120. The molecule has 3 unspecified atom stereocenters.